The highest BCUT2D eigenvalue weighted by Crippen LogP contribution is 2.47. The lowest BCUT2D eigenvalue weighted by atomic mass is 9.93. The van der Waals surface area contributed by atoms with Gasteiger partial charge in [0, 0.05) is 12.5 Å². The van der Waals surface area contributed by atoms with E-state index in [0.717, 1.165) is 25.7 Å². The van der Waals surface area contributed by atoms with E-state index in [2.05, 4.69) is 5.32 Å². The summed E-state index contributed by atoms with van der Waals surface area (Å²) in [5, 5.41) is 13.2. The Bertz CT molecular complexity index is 491. The average molecular weight is 327 g/mol. The predicted octanol–water partition coefficient (Wildman–Crippen LogP) is 0.789. The summed E-state index contributed by atoms with van der Waals surface area (Å²) in [5.74, 6) is -2.52. The third-order valence-corrected chi connectivity index (χ3v) is 5.22. The first-order valence-corrected chi connectivity index (χ1v) is 8.59. The lowest BCUT2D eigenvalue weighted by Gasteiger charge is -2.36. The van der Waals surface area contributed by atoms with Gasteiger partial charge >= 0.3 is 0 Å². The molecule has 3 saturated heterocycles. The summed E-state index contributed by atoms with van der Waals surface area (Å²) in [7, 11) is 0. The van der Waals surface area contributed by atoms with Crippen LogP contribution in [0.2, 0.25) is 0 Å². The second kappa shape index (κ2) is 5.39. The standard InChI is InChI=1S/C16H25NO6/c1-15(2)20-10-8-16(14(19)17-9-6-4-3-5-7-9)22-12(11(10)21-15)13(18)23-16/h9-13,18H,3-8H2,1-2H3,(H,17,19)/t10-,11-,12+,13?,16-/m1/s1. The molecular weight excluding hydrogens is 302 g/mol. The Labute approximate surface area is 135 Å². The fraction of sp³-hybridized carbons (Fsp3) is 0.938. The molecule has 0 aromatic heterocycles. The van der Waals surface area contributed by atoms with Crippen LogP contribution in [-0.2, 0) is 23.7 Å². The number of carbonyl (C=O) groups is 1. The smallest absolute Gasteiger partial charge is 0.280 e. The molecule has 1 unspecified atom stereocenters. The fourth-order valence-corrected chi connectivity index (χ4v) is 4.20. The zero-order valence-corrected chi connectivity index (χ0v) is 13.6. The zero-order chi connectivity index (χ0) is 16.2. The largest absolute Gasteiger partial charge is 0.366 e. The van der Waals surface area contributed by atoms with Crippen LogP contribution in [-0.4, -0.2) is 53.2 Å². The molecule has 3 heterocycles. The molecule has 0 radical (unpaired) electrons. The van der Waals surface area contributed by atoms with Crippen LogP contribution in [0.15, 0.2) is 0 Å². The molecule has 1 amide bonds. The number of aliphatic hydroxyl groups excluding tert-OH is 1. The van der Waals surface area contributed by atoms with Gasteiger partial charge in [-0.3, -0.25) is 4.79 Å². The minimum atomic E-state index is -1.47. The minimum Gasteiger partial charge on any atom is -0.366 e. The van der Waals surface area contributed by atoms with E-state index >= 15 is 0 Å². The first kappa shape index (κ1) is 15.8. The Morgan fingerprint density at radius 2 is 1.78 bits per heavy atom. The molecule has 3 aliphatic heterocycles. The van der Waals surface area contributed by atoms with E-state index in [9.17, 15) is 9.90 Å². The Balaban J connectivity index is 1.50. The molecule has 7 heteroatoms. The maximum absolute atomic E-state index is 12.8. The molecule has 7 nitrogen and oxygen atoms in total. The number of aliphatic hydroxyl groups is 1. The maximum Gasteiger partial charge on any atom is 0.280 e. The first-order chi connectivity index (χ1) is 10.9. The van der Waals surface area contributed by atoms with Crippen LogP contribution in [0.25, 0.3) is 0 Å². The molecule has 1 aliphatic carbocycles. The van der Waals surface area contributed by atoms with Gasteiger partial charge in [0.2, 0.25) is 0 Å². The van der Waals surface area contributed by atoms with Gasteiger partial charge in [0.1, 0.15) is 12.2 Å². The number of hydrogen-bond acceptors (Lipinski definition) is 6. The molecule has 23 heavy (non-hydrogen) atoms. The Morgan fingerprint density at radius 3 is 2.52 bits per heavy atom. The summed E-state index contributed by atoms with van der Waals surface area (Å²) in [6, 6.07) is 0.156. The molecule has 4 aliphatic rings. The van der Waals surface area contributed by atoms with E-state index in [1.807, 2.05) is 13.8 Å². The zero-order valence-electron chi connectivity index (χ0n) is 13.6. The van der Waals surface area contributed by atoms with Gasteiger partial charge in [-0.2, -0.15) is 0 Å². The second-order valence-corrected chi connectivity index (χ2v) is 7.49. The Hall–Kier alpha value is -0.730. The minimum absolute atomic E-state index is 0.156. The van der Waals surface area contributed by atoms with Crippen molar-refractivity contribution < 1.29 is 28.8 Å². The average Bonchev–Trinajstić information content (AvgIpc) is 2.95. The second-order valence-electron chi connectivity index (χ2n) is 7.49. The predicted molar refractivity (Wildman–Crippen MR) is 78.2 cm³/mol. The monoisotopic (exact) mass is 327 g/mol. The number of rotatable bonds is 2. The molecule has 0 spiro atoms. The lowest BCUT2D eigenvalue weighted by molar-refractivity contribution is -0.225. The van der Waals surface area contributed by atoms with E-state index in [1.165, 1.54) is 6.42 Å². The van der Waals surface area contributed by atoms with Gasteiger partial charge < -0.3 is 29.4 Å². The van der Waals surface area contributed by atoms with Crippen molar-refractivity contribution in [3.8, 4) is 0 Å². The third-order valence-electron chi connectivity index (χ3n) is 5.22. The molecule has 2 N–H and O–H groups in total. The van der Waals surface area contributed by atoms with Crippen molar-refractivity contribution in [1.82, 2.24) is 5.32 Å². The molecule has 1 saturated carbocycles. The number of ether oxygens (including phenoxy) is 4. The number of amides is 1. The van der Waals surface area contributed by atoms with Crippen LogP contribution in [0.3, 0.4) is 0 Å². The van der Waals surface area contributed by atoms with Crippen LogP contribution < -0.4 is 5.32 Å². The Morgan fingerprint density at radius 1 is 1.04 bits per heavy atom. The van der Waals surface area contributed by atoms with Gasteiger partial charge in [-0.1, -0.05) is 19.3 Å². The molecular formula is C16H25NO6. The maximum atomic E-state index is 12.8. The van der Waals surface area contributed by atoms with Crippen LogP contribution >= 0.6 is 0 Å². The highest BCUT2D eigenvalue weighted by molar-refractivity contribution is 5.84. The lowest BCUT2D eigenvalue weighted by Crippen LogP contribution is -2.57. The SMILES string of the molecule is CC1(C)O[C@H]2[C@@H]3O[C@](C(=O)NC4CCCCC4)(C[C@H]2O1)OC3O. The van der Waals surface area contributed by atoms with Crippen molar-refractivity contribution in [2.75, 3.05) is 0 Å². The van der Waals surface area contributed by atoms with Gasteiger partial charge in [-0.15, -0.1) is 0 Å². The fourth-order valence-electron chi connectivity index (χ4n) is 4.20. The van der Waals surface area contributed by atoms with E-state index in [4.69, 9.17) is 18.9 Å². The summed E-state index contributed by atoms with van der Waals surface area (Å²) >= 11 is 0. The van der Waals surface area contributed by atoms with Crippen LogP contribution in [0.1, 0.15) is 52.4 Å². The highest BCUT2D eigenvalue weighted by Gasteiger charge is 2.65. The number of hydrogen-bond donors (Lipinski definition) is 2. The number of nitrogens with one attached hydrogen (secondary N) is 1. The summed E-state index contributed by atoms with van der Waals surface area (Å²) in [4.78, 5) is 12.8. The topological polar surface area (TPSA) is 86.3 Å². The van der Waals surface area contributed by atoms with Crippen molar-refractivity contribution in [3.05, 3.63) is 0 Å². The van der Waals surface area contributed by atoms with Crippen molar-refractivity contribution in [1.29, 1.82) is 0 Å². The quantitative estimate of drug-likeness (QED) is 0.780. The van der Waals surface area contributed by atoms with Crippen molar-refractivity contribution >= 4 is 5.91 Å². The molecule has 4 rings (SSSR count). The van der Waals surface area contributed by atoms with E-state index < -0.39 is 30.1 Å². The molecule has 0 aromatic rings. The van der Waals surface area contributed by atoms with E-state index in [0.29, 0.717) is 0 Å². The van der Waals surface area contributed by atoms with Gasteiger partial charge in [-0.25, -0.2) is 0 Å². The van der Waals surface area contributed by atoms with Crippen molar-refractivity contribution in [3.63, 3.8) is 0 Å². The van der Waals surface area contributed by atoms with Crippen LogP contribution in [0.5, 0.6) is 0 Å². The third kappa shape index (κ3) is 2.68. The Kier molecular flexibility index (Phi) is 3.70. The van der Waals surface area contributed by atoms with Gasteiger partial charge in [0.25, 0.3) is 11.7 Å². The molecule has 5 atom stereocenters. The first-order valence-electron chi connectivity index (χ1n) is 8.59. The molecule has 4 fully saturated rings. The van der Waals surface area contributed by atoms with Crippen LogP contribution in [0.4, 0.5) is 0 Å². The van der Waals surface area contributed by atoms with Crippen molar-refractivity contribution in [2.45, 2.75) is 94.6 Å². The van der Waals surface area contributed by atoms with Gasteiger partial charge in [0.05, 0.1) is 6.10 Å². The summed E-state index contributed by atoms with van der Waals surface area (Å²) in [6.07, 6.45) is 3.03. The molecule has 130 valence electrons. The van der Waals surface area contributed by atoms with E-state index in [1.54, 1.807) is 0 Å². The van der Waals surface area contributed by atoms with E-state index in [-0.39, 0.29) is 24.5 Å². The molecule has 2 bridgehead atoms. The van der Waals surface area contributed by atoms with Gasteiger partial charge in [0.15, 0.2) is 12.1 Å². The van der Waals surface area contributed by atoms with Gasteiger partial charge in [-0.05, 0) is 26.7 Å². The summed E-state index contributed by atoms with van der Waals surface area (Å²) in [5.41, 5.74) is 0. The number of fused-ring (bicyclic) bond motifs is 4. The normalized spacial score (nSPS) is 45.7. The summed E-state index contributed by atoms with van der Waals surface area (Å²) in [6.45, 7) is 3.64. The molecule has 0 aromatic carbocycles. The highest BCUT2D eigenvalue weighted by atomic mass is 16.8. The van der Waals surface area contributed by atoms with Crippen molar-refractivity contribution in [2.24, 2.45) is 0 Å². The van der Waals surface area contributed by atoms with Crippen LogP contribution in [0, 0.1) is 0 Å². The number of carbonyl (C=O) groups excluding carboxylic acids is 1. The summed E-state index contributed by atoms with van der Waals surface area (Å²) < 4.78 is 23.0.